The van der Waals surface area contributed by atoms with Gasteiger partial charge in [-0.1, -0.05) is 13.0 Å². The van der Waals surface area contributed by atoms with Gasteiger partial charge in [-0.15, -0.1) is 6.58 Å². The van der Waals surface area contributed by atoms with Crippen molar-refractivity contribution in [3.63, 3.8) is 0 Å². The van der Waals surface area contributed by atoms with Crippen LogP contribution in [0.2, 0.25) is 0 Å². The summed E-state index contributed by atoms with van der Waals surface area (Å²) in [6, 6.07) is 0. The average Bonchev–Trinajstić information content (AvgIpc) is 2.10. The highest BCUT2D eigenvalue weighted by Crippen LogP contribution is 1.94. The SMILES string of the molecule is C=CCCN(CCC)CCOC. The Morgan fingerprint density at radius 3 is 2.58 bits per heavy atom. The highest BCUT2D eigenvalue weighted by molar-refractivity contribution is 4.69. The van der Waals surface area contributed by atoms with Gasteiger partial charge in [0.25, 0.3) is 0 Å². The van der Waals surface area contributed by atoms with Gasteiger partial charge in [0.1, 0.15) is 0 Å². The fraction of sp³-hybridized carbons (Fsp3) is 0.800. The van der Waals surface area contributed by atoms with Crippen LogP contribution in [0.4, 0.5) is 0 Å². The zero-order chi connectivity index (χ0) is 9.23. The summed E-state index contributed by atoms with van der Waals surface area (Å²) < 4.78 is 5.03. The van der Waals surface area contributed by atoms with Crippen LogP contribution in [0.25, 0.3) is 0 Å². The van der Waals surface area contributed by atoms with E-state index in [1.54, 1.807) is 7.11 Å². The first-order valence-electron chi connectivity index (χ1n) is 4.67. The molecular formula is C10H21NO. The van der Waals surface area contributed by atoms with Crippen molar-refractivity contribution in [2.24, 2.45) is 0 Å². The van der Waals surface area contributed by atoms with E-state index in [4.69, 9.17) is 4.74 Å². The van der Waals surface area contributed by atoms with Crippen molar-refractivity contribution in [3.05, 3.63) is 12.7 Å². The number of hydrogen-bond acceptors (Lipinski definition) is 2. The van der Waals surface area contributed by atoms with Gasteiger partial charge in [-0.3, -0.25) is 0 Å². The molecule has 0 radical (unpaired) electrons. The Morgan fingerprint density at radius 1 is 1.33 bits per heavy atom. The number of methoxy groups -OCH3 is 1. The predicted molar refractivity (Wildman–Crippen MR) is 53.4 cm³/mol. The van der Waals surface area contributed by atoms with Gasteiger partial charge >= 0.3 is 0 Å². The fourth-order valence-electron chi connectivity index (χ4n) is 1.15. The van der Waals surface area contributed by atoms with Gasteiger partial charge in [-0.25, -0.2) is 0 Å². The molecule has 0 aromatic rings. The summed E-state index contributed by atoms with van der Waals surface area (Å²) >= 11 is 0. The molecule has 0 saturated carbocycles. The minimum atomic E-state index is 0.830. The minimum absolute atomic E-state index is 0.830. The second-order valence-electron chi connectivity index (χ2n) is 2.91. The number of nitrogens with zero attached hydrogens (tertiary/aromatic N) is 1. The summed E-state index contributed by atoms with van der Waals surface area (Å²) in [6.07, 6.45) is 4.25. The van der Waals surface area contributed by atoms with Crippen LogP contribution in [0.15, 0.2) is 12.7 Å². The van der Waals surface area contributed by atoms with Crippen molar-refractivity contribution in [1.29, 1.82) is 0 Å². The third-order valence-corrected chi connectivity index (χ3v) is 1.80. The zero-order valence-corrected chi connectivity index (χ0v) is 8.38. The van der Waals surface area contributed by atoms with Crippen LogP contribution in [0, 0.1) is 0 Å². The fourth-order valence-corrected chi connectivity index (χ4v) is 1.15. The molecule has 0 aromatic heterocycles. The Kier molecular flexibility index (Phi) is 8.51. The molecule has 0 rings (SSSR count). The number of rotatable bonds is 8. The number of ether oxygens (including phenoxy) is 1. The van der Waals surface area contributed by atoms with E-state index in [9.17, 15) is 0 Å². The van der Waals surface area contributed by atoms with Crippen LogP contribution in [0.1, 0.15) is 19.8 Å². The molecule has 0 heterocycles. The van der Waals surface area contributed by atoms with E-state index >= 15 is 0 Å². The van der Waals surface area contributed by atoms with Gasteiger partial charge in [0.05, 0.1) is 6.61 Å². The van der Waals surface area contributed by atoms with Crippen LogP contribution in [-0.4, -0.2) is 38.3 Å². The largest absolute Gasteiger partial charge is 0.383 e. The average molecular weight is 171 g/mol. The predicted octanol–water partition coefficient (Wildman–Crippen LogP) is 1.92. The molecule has 0 unspecified atom stereocenters. The molecule has 0 saturated heterocycles. The smallest absolute Gasteiger partial charge is 0.0589 e. The van der Waals surface area contributed by atoms with Gasteiger partial charge in [-0.2, -0.15) is 0 Å². The highest BCUT2D eigenvalue weighted by Gasteiger charge is 2.00. The lowest BCUT2D eigenvalue weighted by Crippen LogP contribution is -2.29. The molecule has 0 bridgehead atoms. The molecule has 0 aromatic carbocycles. The van der Waals surface area contributed by atoms with Crippen LogP contribution in [0.5, 0.6) is 0 Å². The van der Waals surface area contributed by atoms with Crippen LogP contribution < -0.4 is 0 Å². The zero-order valence-electron chi connectivity index (χ0n) is 8.38. The molecule has 0 spiro atoms. The van der Waals surface area contributed by atoms with E-state index in [0.717, 1.165) is 32.7 Å². The molecule has 0 N–H and O–H groups in total. The standard InChI is InChI=1S/C10H21NO/c1-4-6-8-11(7-5-2)9-10-12-3/h4H,1,5-10H2,2-3H3. The van der Waals surface area contributed by atoms with E-state index < -0.39 is 0 Å². The second-order valence-corrected chi connectivity index (χ2v) is 2.91. The summed E-state index contributed by atoms with van der Waals surface area (Å²) in [6.45, 7) is 10.1. The molecule has 72 valence electrons. The minimum Gasteiger partial charge on any atom is -0.383 e. The lowest BCUT2D eigenvalue weighted by Gasteiger charge is -2.20. The quantitative estimate of drug-likeness (QED) is 0.517. The van der Waals surface area contributed by atoms with Crippen molar-refractivity contribution in [3.8, 4) is 0 Å². The van der Waals surface area contributed by atoms with Gasteiger partial charge in [0.15, 0.2) is 0 Å². The van der Waals surface area contributed by atoms with E-state index in [0.29, 0.717) is 0 Å². The lowest BCUT2D eigenvalue weighted by atomic mass is 10.3. The summed E-state index contributed by atoms with van der Waals surface area (Å²) in [5.41, 5.74) is 0. The Labute approximate surface area is 76.2 Å². The van der Waals surface area contributed by atoms with Gasteiger partial charge in [0, 0.05) is 20.2 Å². The topological polar surface area (TPSA) is 12.5 Å². The van der Waals surface area contributed by atoms with E-state index in [1.165, 1.54) is 6.42 Å². The molecular weight excluding hydrogens is 150 g/mol. The first kappa shape index (κ1) is 11.7. The van der Waals surface area contributed by atoms with Gasteiger partial charge < -0.3 is 9.64 Å². The summed E-state index contributed by atoms with van der Waals surface area (Å²) in [4.78, 5) is 2.41. The van der Waals surface area contributed by atoms with Crippen LogP contribution in [0.3, 0.4) is 0 Å². The lowest BCUT2D eigenvalue weighted by molar-refractivity contribution is 0.149. The second kappa shape index (κ2) is 8.75. The van der Waals surface area contributed by atoms with Gasteiger partial charge in [-0.05, 0) is 19.4 Å². The Morgan fingerprint density at radius 2 is 2.08 bits per heavy atom. The molecule has 0 aliphatic carbocycles. The molecule has 0 aliphatic heterocycles. The van der Waals surface area contributed by atoms with E-state index in [-0.39, 0.29) is 0 Å². The van der Waals surface area contributed by atoms with Crippen molar-refractivity contribution in [2.45, 2.75) is 19.8 Å². The Balaban J connectivity index is 3.46. The maximum atomic E-state index is 5.03. The highest BCUT2D eigenvalue weighted by atomic mass is 16.5. The van der Waals surface area contributed by atoms with Crippen LogP contribution in [-0.2, 0) is 4.74 Å². The molecule has 2 heteroatoms. The molecule has 12 heavy (non-hydrogen) atoms. The van der Waals surface area contributed by atoms with Crippen molar-refractivity contribution in [1.82, 2.24) is 4.90 Å². The molecule has 2 nitrogen and oxygen atoms in total. The maximum absolute atomic E-state index is 5.03. The molecule has 0 aliphatic rings. The van der Waals surface area contributed by atoms with Crippen molar-refractivity contribution < 1.29 is 4.74 Å². The first-order chi connectivity index (χ1) is 5.85. The van der Waals surface area contributed by atoms with Crippen LogP contribution >= 0.6 is 0 Å². The van der Waals surface area contributed by atoms with Crippen molar-refractivity contribution in [2.75, 3.05) is 33.4 Å². The maximum Gasteiger partial charge on any atom is 0.0589 e. The van der Waals surface area contributed by atoms with Crippen molar-refractivity contribution >= 4 is 0 Å². The normalized spacial score (nSPS) is 10.6. The summed E-state index contributed by atoms with van der Waals surface area (Å²) in [5.74, 6) is 0. The molecule has 0 atom stereocenters. The van der Waals surface area contributed by atoms with E-state index in [1.807, 2.05) is 6.08 Å². The summed E-state index contributed by atoms with van der Waals surface area (Å²) in [7, 11) is 1.75. The molecule has 0 amide bonds. The Hall–Kier alpha value is -0.340. The molecule has 0 fully saturated rings. The Bertz CT molecular complexity index is 104. The number of hydrogen-bond donors (Lipinski definition) is 0. The third-order valence-electron chi connectivity index (χ3n) is 1.80. The van der Waals surface area contributed by atoms with Gasteiger partial charge in [0.2, 0.25) is 0 Å². The summed E-state index contributed by atoms with van der Waals surface area (Å²) in [5, 5.41) is 0. The van der Waals surface area contributed by atoms with E-state index in [2.05, 4.69) is 18.4 Å². The monoisotopic (exact) mass is 171 g/mol. The third kappa shape index (κ3) is 6.38. The first-order valence-corrected chi connectivity index (χ1v) is 4.67.